The molecule has 4 nitrogen and oxygen atoms in total. The molecule has 1 aliphatic carbocycles. The number of hydrogen-bond acceptors (Lipinski definition) is 3. The summed E-state index contributed by atoms with van der Waals surface area (Å²) in [5, 5.41) is 9.49. The fourth-order valence-electron chi connectivity index (χ4n) is 3.58. The monoisotopic (exact) mass is 254 g/mol. The van der Waals surface area contributed by atoms with Gasteiger partial charge in [0, 0.05) is 13.1 Å². The van der Waals surface area contributed by atoms with Crippen LogP contribution in [0, 0.1) is 11.3 Å². The van der Waals surface area contributed by atoms with E-state index in [1.165, 1.54) is 6.42 Å². The van der Waals surface area contributed by atoms with Crippen LogP contribution in [0.1, 0.15) is 45.4 Å². The Bertz CT molecular complexity index is 300. The number of amides is 1. The van der Waals surface area contributed by atoms with Gasteiger partial charge in [0.1, 0.15) is 0 Å². The van der Waals surface area contributed by atoms with Crippen molar-refractivity contribution in [3.05, 3.63) is 0 Å². The lowest BCUT2D eigenvalue weighted by molar-refractivity contribution is -0.145. The molecule has 0 radical (unpaired) electrons. The van der Waals surface area contributed by atoms with Gasteiger partial charge in [0.2, 0.25) is 5.91 Å². The molecule has 104 valence electrons. The van der Waals surface area contributed by atoms with Crippen LogP contribution in [-0.2, 0) is 4.79 Å². The maximum absolute atomic E-state index is 12.8. The molecule has 2 unspecified atom stereocenters. The van der Waals surface area contributed by atoms with Gasteiger partial charge >= 0.3 is 0 Å². The Morgan fingerprint density at radius 3 is 2.61 bits per heavy atom. The van der Waals surface area contributed by atoms with Crippen LogP contribution in [0.3, 0.4) is 0 Å². The van der Waals surface area contributed by atoms with E-state index in [2.05, 4.69) is 6.92 Å². The van der Waals surface area contributed by atoms with Gasteiger partial charge in [-0.1, -0.05) is 26.2 Å². The number of rotatable bonds is 3. The highest BCUT2D eigenvalue weighted by Crippen LogP contribution is 2.39. The van der Waals surface area contributed by atoms with Crippen molar-refractivity contribution in [1.82, 2.24) is 4.90 Å². The van der Waals surface area contributed by atoms with E-state index < -0.39 is 0 Å². The van der Waals surface area contributed by atoms with Crippen molar-refractivity contribution in [1.29, 1.82) is 0 Å². The Morgan fingerprint density at radius 2 is 2.06 bits per heavy atom. The van der Waals surface area contributed by atoms with Gasteiger partial charge in [0.05, 0.1) is 18.1 Å². The number of nitrogens with two attached hydrogens (primary N) is 1. The molecule has 4 heteroatoms. The zero-order valence-electron chi connectivity index (χ0n) is 11.4. The first-order valence-electron chi connectivity index (χ1n) is 7.26. The molecule has 1 aliphatic heterocycles. The number of likely N-dealkylation sites (tertiary alicyclic amines) is 1. The molecule has 2 aliphatic rings. The highest BCUT2D eigenvalue weighted by Gasteiger charge is 2.45. The summed E-state index contributed by atoms with van der Waals surface area (Å²) in [7, 11) is 0. The van der Waals surface area contributed by atoms with Crippen LogP contribution in [-0.4, -0.2) is 41.7 Å². The molecule has 18 heavy (non-hydrogen) atoms. The topological polar surface area (TPSA) is 66.6 Å². The van der Waals surface area contributed by atoms with E-state index in [0.717, 1.165) is 38.6 Å². The summed E-state index contributed by atoms with van der Waals surface area (Å²) in [6.45, 7) is 3.43. The molecule has 2 rings (SSSR count). The molecule has 0 bridgehead atoms. The van der Waals surface area contributed by atoms with E-state index in [1.807, 2.05) is 4.90 Å². The summed E-state index contributed by atoms with van der Waals surface area (Å²) in [6, 6.07) is 0.00264. The first kappa shape index (κ1) is 13.8. The average Bonchev–Trinajstić information content (AvgIpc) is 2.79. The standard InChI is InChI=1S/C14H26N2O2/c1-11-5-8-16(12(11)9-17)13(18)14(10-15)6-3-2-4-7-14/h11-12,17H,2-10,15H2,1H3. The Balaban J connectivity index is 2.13. The summed E-state index contributed by atoms with van der Waals surface area (Å²) in [4.78, 5) is 14.7. The van der Waals surface area contributed by atoms with Crippen LogP contribution in [0.5, 0.6) is 0 Å². The molecule has 0 aromatic heterocycles. The summed E-state index contributed by atoms with van der Waals surface area (Å²) < 4.78 is 0. The molecule has 1 saturated heterocycles. The van der Waals surface area contributed by atoms with Crippen LogP contribution in [0.4, 0.5) is 0 Å². The van der Waals surface area contributed by atoms with Crippen LogP contribution < -0.4 is 5.73 Å². The second-order valence-corrected chi connectivity index (χ2v) is 6.06. The fourth-order valence-corrected chi connectivity index (χ4v) is 3.58. The first-order valence-corrected chi connectivity index (χ1v) is 7.26. The number of carbonyl (C=O) groups excluding carboxylic acids is 1. The van der Waals surface area contributed by atoms with E-state index in [0.29, 0.717) is 12.5 Å². The van der Waals surface area contributed by atoms with Gasteiger partial charge in [0.25, 0.3) is 0 Å². The van der Waals surface area contributed by atoms with Crippen molar-refractivity contribution in [2.24, 2.45) is 17.1 Å². The van der Waals surface area contributed by atoms with E-state index >= 15 is 0 Å². The minimum Gasteiger partial charge on any atom is -0.394 e. The van der Waals surface area contributed by atoms with Crippen LogP contribution in [0.25, 0.3) is 0 Å². The lowest BCUT2D eigenvalue weighted by atomic mass is 9.73. The van der Waals surface area contributed by atoms with Crippen molar-refractivity contribution in [3.63, 3.8) is 0 Å². The number of aliphatic hydroxyl groups is 1. The van der Waals surface area contributed by atoms with Crippen LogP contribution in [0.2, 0.25) is 0 Å². The molecule has 1 saturated carbocycles. The van der Waals surface area contributed by atoms with Gasteiger partial charge in [-0.2, -0.15) is 0 Å². The van der Waals surface area contributed by atoms with Gasteiger partial charge in [-0.05, 0) is 25.2 Å². The minimum atomic E-state index is -0.338. The van der Waals surface area contributed by atoms with Crippen molar-refractivity contribution in [2.45, 2.75) is 51.5 Å². The summed E-state index contributed by atoms with van der Waals surface area (Å²) in [5.74, 6) is 0.602. The number of carbonyl (C=O) groups is 1. The zero-order valence-corrected chi connectivity index (χ0v) is 11.4. The number of nitrogens with zero attached hydrogens (tertiary/aromatic N) is 1. The van der Waals surface area contributed by atoms with Crippen molar-refractivity contribution in [3.8, 4) is 0 Å². The number of hydrogen-bond donors (Lipinski definition) is 2. The molecule has 3 N–H and O–H groups in total. The Morgan fingerprint density at radius 1 is 1.39 bits per heavy atom. The van der Waals surface area contributed by atoms with Gasteiger partial charge in [-0.15, -0.1) is 0 Å². The third kappa shape index (κ3) is 2.28. The summed E-state index contributed by atoms with van der Waals surface area (Å²) >= 11 is 0. The summed E-state index contributed by atoms with van der Waals surface area (Å²) in [5.41, 5.74) is 5.58. The summed E-state index contributed by atoms with van der Waals surface area (Å²) in [6.07, 6.45) is 6.27. The molecule has 0 spiro atoms. The minimum absolute atomic E-state index is 0.00264. The van der Waals surface area contributed by atoms with Gasteiger partial charge < -0.3 is 15.7 Å². The van der Waals surface area contributed by atoms with Crippen LogP contribution >= 0.6 is 0 Å². The Hall–Kier alpha value is -0.610. The van der Waals surface area contributed by atoms with Gasteiger partial charge in [0.15, 0.2) is 0 Å². The third-order valence-electron chi connectivity index (χ3n) is 4.99. The highest BCUT2D eigenvalue weighted by atomic mass is 16.3. The molecule has 2 atom stereocenters. The van der Waals surface area contributed by atoms with Crippen LogP contribution in [0.15, 0.2) is 0 Å². The molecule has 1 amide bonds. The first-order chi connectivity index (χ1) is 8.64. The molecule has 1 heterocycles. The molecule has 2 fully saturated rings. The number of aliphatic hydroxyl groups excluding tert-OH is 1. The maximum atomic E-state index is 12.8. The lowest BCUT2D eigenvalue weighted by Gasteiger charge is -2.39. The second kappa shape index (κ2) is 5.57. The average molecular weight is 254 g/mol. The van der Waals surface area contributed by atoms with Crippen molar-refractivity contribution >= 4 is 5.91 Å². The third-order valence-corrected chi connectivity index (χ3v) is 4.99. The van der Waals surface area contributed by atoms with Crippen molar-refractivity contribution in [2.75, 3.05) is 19.7 Å². The second-order valence-electron chi connectivity index (χ2n) is 6.06. The van der Waals surface area contributed by atoms with E-state index in [9.17, 15) is 9.90 Å². The fraction of sp³-hybridized carbons (Fsp3) is 0.929. The Labute approximate surface area is 110 Å². The predicted molar refractivity (Wildman–Crippen MR) is 70.9 cm³/mol. The Kier molecular flexibility index (Phi) is 4.28. The SMILES string of the molecule is CC1CCN(C(=O)C2(CN)CCCCC2)C1CO. The molecular formula is C14H26N2O2. The van der Waals surface area contributed by atoms with E-state index in [-0.39, 0.29) is 24.0 Å². The smallest absolute Gasteiger partial charge is 0.230 e. The van der Waals surface area contributed by atoms with E-state index in [1.54, 1.807) is 0 Å². The van der Waals surface area contributed by atoms with Crippen molar-refractivity contribution < 1.29 is 9.90 Å². The van der Waals surface area contributed by atoms with E-state index in [4.69, 9.17) is 5.73 Å². The normalized spacial score (nSPS) is 31.6. The largest absolute Gasteiger partial charge is 0.394 e. The molecule has 0 aromatic rings. The quantitative estimate of drug-likeness (QED) is 0.793. The maximum Gasteiger partial charge on any atom is 0.230 e. The van der Waals surface area contributed by atoms with Gasteiger partial charge in [-0.3, -0.25) is 4.79 Å². The lowest BCUT2D eigenvalue weighted by Crippen LogP contribution is -2.52. The predicted octanol–water partition coefficient (Wildman–Crippen LogP) is 1.12. The highest BCUT2D eigenvalue weighted by molar-refractivity contribution is 5.83. The van der Waals surface area contributed by atoms with Gasteiger partial charge in [-0.25, -0.2) is 0 Å². The molecular weight excluding hydrogens is 228 g/mol. The molecule has 0 aromatic carbocycles. The zero-order chi connectivity index (χ0) is 13.2.